The lowest BCUT2D eigenvalue weighted by Crippen LogP contribution is -2.35. The van der Waals surface area contributed by atoms with Gasteiger partial charge in [-0.3, -0.25) is 24.1 Å². The van der Waals surface area contributed by atoms with Crippen molar-refractivity contribution in [3.05, 3.63) is 35.4 Å². The Hall–Kier alpha value is -3.13. The molecule has 0 spiro atoms. The van der Waals surface area contributed by atoms with Gasteiger partial charge in [0.25, 0.3) is 11.8 Å². The molecular weight excluding hydrogens is 475 g/mol. The van der Waals surface area contributed by atoms with E-state index in [1.54, 1.807) is 0 Å². The van der Waals surface area contributed by atoms with Crippen molar-refractivity contribution in [2.75, 3.05) is 39.5 Å². The molecule has 0 aromatic rings. The van der Waals surface area contributed by atoms with Gasteiger partial charge in [-0.15, -0.1) is 0 Å². The lowest BCUT2D eigenvalue weighted by atomic mass is 10.1. The number of nitrogens with one attached hydrogen (secondary N) is 1. The van der Waals surface area contributed by atoms with Gasteiger partial charge in [0.05, 0.1) is 32.8 Å². The summed E-state index contributed by atoms with van der Waals surface area (Å²) >= 11 is 0. The summed E-state index contributed by atoms with van der Waals surface area (Å²) in [6.07, 6.45) is -4.45. The highest BCUT2D eigenvalue weighted by Gasteiger charge is 2.42. The van der Waals surface area contributed by atoms with Crippen LogP contribution in [0.25, 0.3) is 0 Å². The Morgan fingerprint density at radius 1 is 0.882 bits per heavy atom. The zero-order valence-corrected chi connectivity index (χ0v) is 17.7. The highest BCUT2D eigenvalue weighted by molar-refractivity contribution is 6.13. The molecule has 9 nitrogen and oxygen atoms in total. The topological polar surface area (TPSA) is 111 Å². The molecule has 0 aromatic carbocycles. The molecule has 2 atom stereocenters. The number of rotatable bonds is 13. The van der Waals surface area contributed by atoms with Crippen molar-refractivity contribution in [2.45, 2.75) is 25.2 Å². The van der Waals surface area contributed by atoms with Gasteiger partial charge in [-0.25, -0.2) is 17.6 Å². The predicted octanol–water partition coefficient (Wildman–Crippen LogP) is 1.41. The van der Waals surface area contributed by atoms with Crippen LogP contribution < -0.4 is 5.32 Å². The third-order valence-electron chi connectivity index (χ3n) is 4.45. The van der Waals surface area contributed by atoms with Gasteiger partial charge in [-0.2, -0.15) is 4.39 Å². The second-order valence-electron chi connectivity index (χ2n) is 6.85. The number of alkyl halides is 2. The maximum atomic E-state index is 13.6. The number of amides is 3. The first-order valence-corrected chi connectivity index (χ1v) is 10.0. The van der Waals surface area contributed by atoms with Crippen LogP contribution in [-0.2, 0) is 33.4 Å². The van der Waals surface area contributed by atoms with E-state index in [4.69, 9.17) is 9.47 Å². The molecule has 188 valence electrons. The van der Waals surface area contributed by atoms with Gasteiger partial charge >= 0.3 is 5.97 Å². The van der Waals surface area contributed by atoms with Crippen LogP contribution in [0.2, 0.25) is 0 Å². The highest BCUT2D eigenvalue weighted by atomic mass is 19.2. The summed E-state index contributed by atoms with van der Waals surface area (Å²) < 4.78 is 80.8. The van der Waals surface area contributed by atoms with Crippen LogP contribution in [0.5, 0.6) is 0 Å². The Balaban J connectivity index is 1.50. The minimum Gasteiger partial charge on any atom is -0.424 e. The number of nitrogens with zero attached hydrogens (tertiary/aromatic N) is 1. The fourth-order valence-corrected chi connectivity index (χ4v) is 2.68. The Morgan fingerprint density at radius 2 is 1.50 bits per heavy atom. The van der Waals surface area contributed by atoms with Gasteiger partial charge in [0, 0.05) is 31.7 Å². The first-order valence-electron chi connectivity index (χ1n) is 10.0. The largest absolute Gasteiger partial charge is 0.424 e. The molecule has 1 aliphatic carbocycles. The van der Waals surface area contributed by atoms with Crippen LogP contribution in [0.15, 0.2) is 35.4 Å². The molecule has 0 bridgehead atoms. The van der Waals surface area contributed by atoms with Crippen molar-refractivity contribution in [3.63, 3.8) is 0 Å². The number of ether oxygens (including phenoxy) is 3. The number of imide groups is 1. The van der Waals surface area contributed by atoms with Crippen molar-refractivity contribution in [1.29, 1.82) is 0 Å². The zero-order chi connectivity index (χ0) is 25.3. The molecule has 0 saturated carbocycles. The van der Waals surface area contributed by atoms with Crippen LogP contribution in [0.3, 0.4) is 0 Å². The Labute approximate surface area is 190 Å². The Bertz CT molecular complexity index is 888. The van der Waals surface area contributed by atoms with Crippen molar-refractivity contribution in [3.8, 4) is 0 Å². The molecule has 0 saturated heterocycles. The van der Waals surface area contributed by atoms with Crippen LogP contribution in [0.1, 0.15) is 12.8 Å². The molecule has 1 N–H and O–H groups in total. The number of carbonyl (C=O) groups excluding carboxylic acids is 4. The van der Waals surface area contributed by atoms with E-state index in [1.165, 1.54) is 0 Å². The Kier molecular flexibility index (Phi) is 10.3. The second kappa shape index (κ2) is 12.9. The number of hydrogen-bond donors (Lipinski definition) is 1. The first-order chi connectivity index (χ1) is 16.1. The first kappa shape index (κ1) is 27.1. The van der Waals surface area contributed by atoms with Gasteiger partial charge in [0.15, 0.2) is 29.8 Å². The van der Waals surface area contributed by atoms with Crippen molar-refractivity contribution < 1.29 is 55.3 Å². The molecule has 2 aliphatic rings. The predicted molar refractivity (Wildman–Crippen MR) is 103 cm³/mol. The number of carbonyl (C=O) groups is 4. The summed E-state index contributed by atoms with van der Waals surface area (Å²) in [5, 5.41) is 2.53. The van der Waals surface area contributed by atoms with Crippen LogP contribution >= 0.6 is 0 Å². The molecule has 1 aliphatic heterocycles. The van der Waals surface area contributed by atoms with Crippen molar-refractivity contribution in [1.82, 2.24) is 10.2 Å². The molecule has 14 heteroatoms. The molecule has 0 aromatic heterocycles. The molecule has 2 rings (SSSR count). The summed E-state index contributed by atoms with van der Waals surface area (Å²) in [5.74, 6) is -10.8. The number of hydrogen-bond acceptors (Lipinski definition) is 7. The van der Waals surface area contributed by atoms with Crippen molar-refractivity contribution >= 4 is 23.7 Å². The van der Waals surface area contributed by atoms with Crippen LogP contribution in [0, 0.1) is 0 Å². The summed E-state index contributed by atoms with van der Waals surface area (Å²) in [6.45, 7) is 0.0345. The summed E-state index contributed by atoms with van der Waals surface area (Å²) in [6, 6.07) is 0. The quantitative estimate of drug-likeness (QED) is 0.178. The van der Waals surface area contributed by atoms with Crippen LogP contribution in [0.4, 0.5) is 22.0 Å². The maximum absolute atomic E-state index is 13.6. The number of allylic oxidation sites excluding steroid dienone is 4. The molecule has 34 heavy (non-hydrogen) atoms. The minimum absolute atomic E-state index is 0.00529. The van der Waals surface area contributed by atoms with E-state index < -0.39 is 59.8 Å². The summed E-state index contributed by atoms with van der Waals surface area (Å²) in [7, 11) is 0. The average Bonchev–Trinajstić information content (AvgIpc) is 3.13. The normalized spacial score (nSPS) is 20.4. The number of halogens is 5. The minimum atomic E-state index is -3.11. The molecule has 1 heterocycles. The SMILES string of the molecule is O=C(CCN1C(=O)C=CC1=O)NCCOCCOCCC(=O)OC1=C(F)C(F)=C(F)C(F)C1F. The van der Waals surface area contributed by atoms with Gasteiger partial charge in [0.1, 0.15) is 0 Å². The summed E-state index contributed by atoms with van der Waals surface area (Å²) in [5.41, 5.74) is 0. The second-order valence-corrected chi connectivity index (χ2v) is 6.85. The third-order valence-corrected chi connectivity index (χ3v) is 4.45. The van der Waals surface area contributed by atoms with E-state index in [1.807, 2.05) is 0 Å². The van der Waals surface area contributed by atoms with Gasteiger partial charge < -0.3 is 19.5 Å². The molecule has 0 radical (unpaired) electrons. The van der Waals surface area contributed by atoms with Gasteiger partial charge in [-0.05, 0) is 0 Å². The third kappa shape index (κ3) is 7.45. The van der Waals surface area contributed by atoms with Crippen molar-refractivity contribution in [2.24, 2.45) is 0 Å². The highest BCUT2D eigenvalue weighted by Crippen LogP contribution is 2.37. The molecule has 3 amide bonds. The Morgan fingerprint density at radius 3 is 2.15 bits per heavy atom. The number of esters is 1. The molecule has 0 fully saturated rings. The molecule has 2 unspecified atom stereocenters. The van der Waals surface area contributed by atoms with E-state index in [0.29, 0.717) is 0 Å². The maximum Gasteiger partial charge on any atom is 0.313 e. The fourth-order valence-electron chi connectivity index (χ4n) is 2.68. The summed E-state index contributed by atoms with van der Waals surface area (Å²) in [4.78, 5) is 46.9. The molecular formula is C20H21F5N2O7. The van der Waals surface area contributed by atoms with Gasteiger partial charge in [0.2, 0.25) is 11.7 Å². The zero-order valence-electron chi connectivity index (χ0n) is 17.7. The lowest BCUT2D eigenvalue weighted by molar-refractivity contribution is -0.143. The van der Waals surface area contributed by atoms with Crippen LogP contribution in [-0.4, -0.2) is 80.5 Å². The van der Waals surface area contributed by atoms with E-state index in [-0.39, 0.29) is 51.8 Å². The standard InChI is InChI=1S/C20H21F5N2O7/c21-15-16(22)18(24)20(19(25)17(15)23)34-14(31)4-7-32-9-10-33-8-5-26-11(28)3-6-27-12(29)1-2-13(27)30/h1-2,16,18H,3-10H2,(H,26,28). The van der Waals surface area contributed by atoms with E-state index in [9.17, 15) is 41.1 Å². The fraction of sp³-hybridized carbons (Fsp3) is 0.500. The average molecular weight is 496 g/mol. The van der Waals surface area contributed by atoms with E-state index in [2.05, 4.69) is 10.1 Å². The lowest BCUT2D eigenvalue weighted by Gasteiger charge is -2.20. The van der Waals surface area contributed by atoms with Gasteiger partial charge in [-0.1, -0.05) is 0 Å². The smallest absolute Gasteiger partial charge is 0.313 e. The van der Waals surface area contributed by atoms with E-state index in [0.717, 1.165) is 17.1 Å². The monoisotopic (exact) mass is 496 g/mol. The van der Waals surface area contributed by atoms with E-state index >= 15 is 0 Å².